The quantitative estimate of drug-likeness (QED) is 0.158. The van der Waals surface area contributed by atoms with Crippen molar-refractivity contribution in [2.45, 2.75) is 144 Å². The average molecular weight is 780 g/mol. The van der Waals surface area contributed by atoms with E-state index in [1.165, 1.54) is 12.1 Å². The van der Waals surface area contributed by atoms with Gasteiger partial charge in [0.05, 0.1) is 26.2 Å². The first-order chi connectivity index (χ1) is 24.8. The zero-order valence-electron chi connectivity index (χ0n) is 36.1. The van der Waals surface area contributed by atoms with Crippen LogP contribution in [-0.2, 0) is 54.1 Å². The van der Waals surface area contributed by atoms with Crippen LogP contribution in [0.3, 0.4) is 0 Å². The van der Waals surface area contributed by atoms with Crippen LogP contribution < -0.4 is 0 Å². The van der Waals surface area contributed by atoms with Crippen LogP contribution in [0.1, 0.15) is 109 Å². The second-order valence-corrected chi connectivity index (χ2v) is 18.7. The van der Waals surface area contributed by atoms with Crippen molar-refractivity contribution in [2.24, 2.45) is 0 Å². The molecule has 1 rings (SSSR count). The molecule has 1 N–H and O–H groups in total. The fraction of sp³-hybridized carbons (Fsp3) is 0.732. The summed E-state index contributed by atoms with van der Waals surface area (Å²) in [6.45, 7) is 25.9. The summed E-state index contributed by atoms with van der Waals surface area (Å²) in [6.07, 6.45) is 0.172. The SMILES string of the molecule is CC(C)(C)OC(=O)CN(CCN(CCN(CC(=O)OC(C)(C)C)CC(=O)OC(C)(C)C)[C@@H](Cc1ccc(O)cc1)C(=O)OC(C)(C)C)CC(=O)OC(C)(C)C. The predicted octanol–water partition coefficient (Wildman–Crippen LogP) is 4.92. The summed E-state index contributed by atoms with van der Waals surface area (Å²) in [7, 11) is 0. The van der Waals surface area contributed by atoms with E-state index in [-0.39, 0.29) is 64.5 Å². The summed E-state index contributed by atoms with van der Waals surface area (Å²) in [4.78, 5) is 71.3. The number of benzene rings is 1. The molecular weight excluding hydrogens is 710 g/mol. The van der Waals surface area contributed by atoms with Crippen molar-refractivity contribution in [1.82, 2.24) is 14.7 Å². The van der Waals surface area contributed by atoms with Gasteiger partial charge >= 0.3 is 29.8 Å². The Labute approximate surface area is 329 Å². The van der Waals surface area contributed by atoms with Crippen molar-refractivity contribution in [3.05, 3.63) is 29.8 Å². The van der Waals surface area contributed by atoms with Gasteiger partial charge in [-0.05, 0) is 128 Å². The average Bonchev–Trinajstić information content (AvgIpc) is 2.91. The minimum Gasteiger partial charge on any atom is -0.508 e. The molecule has 314 valence electrons. The zero-order valence-corrected chi connectivity index (χ0v) is 36.1. The highest BCUT2D eigenvalue weighted by Crippen LogP contribution is 2.19. The van der Waals surface area contributed by atoms with E-state index in [1.807, 2.05) is 4.90 Å². The van der Waals surface area contributed by atoms with E-state index in [1.54, 1.807) is 126 Å². The number of phenolic OH excluding ortho intramolecular Hbond substituents is 1. The van der Waals surface area contributed by atoms with Crippen LogP contribution in [-0.4, -0.2) is 136 Å². The van der Waals surface area contributed by atoms with Gasteiger partial charge in [-0.3, -0.25) is 38.7 Å². The van der Waals surface area contributed by atoms with E-state index >= 15 is 0 Å². The monoisotopic (exact) mass is 779 g/mol. The van der Waals surface area contributed by atoms with Crippen LogP contribution in [0.5, 0.6) is 5.75 Å². The Morgan fingerprint density at radius 3 is 1.05 bits per heavy atom. The van der Waals surface area contributed by atoms with Gasteiger partial charge in [0.25, 0.3) is 0 Å². The lowest BCUT2D eigenvalue weighted by Gasteiger charge is -2.35. The molecule has 0 radical (unpaired) electrons. The minimum absolute atomic E-state index is 0.0641. The second-order valence-electron chi connectivity index (χ2n) is 18.7. The number of hydrogen-bond acceptors (Lipinski definition) is 14. The molecule has 0 aliphatic carbocycles. The maximum atomic E-state index is 14.1. The molecule has 14 heteroatoms. The Bertz CT molecular complexity index is 1280. The Balaban J connectivity index is 3.68. The molecule has 0 saturated heterocycles. The molecule has 55 heavy (non-hydrogen) atoms. The van der Waals surface area contributed by atoms with Crippen LogP contribution in [0.2, 0.25) is 0 Å². The lowest BCUT2D eigenvalue weighted by molar-refractivity contribution is -0.164. The highest BCUT2D eigenvalue weighted by molar-refractivity contribution is 5.77. The van der Waals surface area contributed by atoms with Crippen LogP contribution >= 0.6 is 0 Å². The van der Waals surface area contributed by atoms with Gasteiger partial charge in [0.1, 0.15) is 39.8 Å². The number of phenols is 1. The molecule has 14 nitrogen and oxygen atoms in total. The van der Waals surface area contributed by atoms with E-state index < -0.39 is 63.9 Å². The number of rotatable bonds is 18. The molecule has 0 unspecified atom stereocenters. The van der Waals surface area contributed by atoms with Crippen molar-refractivity contribution in [3.63, 3.8) is 0 Å². The van der Waals surface area contributed by atoms with Crippen molar-refractivity contribution < 1.29 is 52.8 Å². The molecular formula is C41H69N3O11. The zero-order chi connectivity index (χ0) is 42.6. The molecule has 0 aromatic heterocycles. The highest BCUT2D eigenvalue weighted by Gasteiger charge is 2.33. The van der Waals surface area contributed by atoms with Gasteiger partial charge in [0.15, 0.2) is 0 Å². The molecule has 1 aromatic carbocycles. The van der Waals surface area contributed by atoms with Gasteiger partial charge in [-0.1, -0.05) is 12.1 Å². The fourth-order valence-electron chi connectivity index (χ4n) is 5.20. The standard InChI is InChI=1S/C41H69N3O11/c1-37(2,3)51-32(46)25-42(26-33(47)52-38(4,5)6)20-22-44(31(36(50)55-41(13,14)15)24-29-16-18-30(45)19-17-29)23-21-43(27-34(48)53-39(7,8)9)28-35(49)54-40(10,11)12/h16-19,31,45H,20-28H2,1-15H3/t31-/m0/s1. The second kappa shape index (κ2) is 20.4. The number of ether oxygens (including phenoxy) is 5. The molecule has 0 spiro atoms. The largest absolute Gasteiger partial charge is 0.508 e. The molecule has 0 bridgehead atoms. The Hall–Kier alpha value is -3.75. The van der Waals surface area contributed by atoms with Crippen molar-refractivity contribution in [2.75, 3.05) is 52.4 Å². The summed E-state index contributed by atoms with van der Waals surface area (Å²) >= 11 is 0. The van der Waals surface area contributed by atoms with Gasteiger partial charge in [-0.25, -0.2) is 0 Å². The predicted molar refractivity (Wildman–Crippen MR) is 209 cm³/mol. The molecule has 0 aliphatic heterocycles. The minimum atomic E-state index is -0.904. The lowest BCUT2D eigenvalue weighted by atomic mass is 10.0. The normalized spacial score (nSPS) is 13.4. The van der Waals surface area contributed by atoms with Crippen molar-refractivity contribution >= 4 is 29.8 Å². The first kappa shape index (κ1) is 49.3. The molecule has 0 aliphatic rings. The summed E-state index contributed by atoms with van der Waals surface area (Å²) in [6, 6.07) is 5.56. The smallest absolute Gasteiger partial charge is 0.324 e. The Morgan fingerprint density at radius 1 is 0.491 bits per heavy atom. The molecule has 0 amide bonds. The fourth-order valence-corrected chi connectivity index (χ4v) is 5.20. The number of aromatic hydroxyl groups is 1. The third-order valence-corrected chi connectivity index (χ3v) is 6.98. The third kappa shape index (κ3) is 24.4. The number of nitrogens with zero attached hydrogens (tertiary/aromatic N) is 3. The topological polar surface area (TPSA) is 161 Å². The van der Waals surface area contributed by atoms with Gasteiger partial charge in [-0.2, -0.15) is 0 Å². The van der Waals surface area contributed by atoms with E-state index in [2.05, 4.69) is 0 Å². The number of carbonyl (C=O) groups is 5. The summed E-state index contributed by atoms with van der Waals surface area (Å²) in [5, 5.41) is 9.96. The summed E-state index contributed by atoms with van der Waals surface area (Å²) in [5.41, 5.74) is -3.17. The van der Waals surface area contributed by atoms with Crippen molar-refractivity contribution in [1.29, 1.82) is 0 Å². The van der Waals surface area contributed by atoms with E-state index in [0.717, 1.165) is 5.56 Å². The Morgan fingerprint density at radius 2 is 0.782 bits per heavy atom. The van der Waals surface area contributed by atoms with E-state index in [0.29, 0.717) is 0 Å². The maximum absolute atomic E-state index is 14.1. The van der Waals surface area contributed by atoms with Gasteiger partial charge in [0.2, 0.25) is 0 Å². The first-order valence-electron chi connectivity index (χ1n) is 18.9. The summed E-state index contributed by atoms with van der Waals surface area (Å²) < 4.78 is 28.2. The summed E-state index contributed by atoms with van der Waals surface area (Å²) in [5.74, 6) is -2.65. The maximum Gasteiger partial charge on any atom is 0.324 e. The first-order valence-corrected chi connectivity index (χ1v) is 18.9. The molecule has 0 heterocycles. The van der Waals surface area contributed by atoms with Crippen LogP contribution in [0.25, 0.3) is 0 Å². The molecule has 0 saturated carbocycles. The van der Waals surface area contributed by atoms with Gasteiger partial charge in [-0.15, -0.1) is 0 Å². The Kier molecular flexibility index (Phi) is 18.3. The van der Waals surface area contributed by atoms with Crippen LogP contribution in [0.15, 0.2) is 24.3 Å². The number of hydrogen-bond donors (Lipinski definition) is 1. The molecule has 1 aromatic rings. The third-order valence-electron chi connectivity index (χ3n) is 6.98. The highest BCUT2D eigenvalue weighted by atomic mass is 16.6. The van der Waals surface area contributed by atoms with Crippen LogP contribution in [0.4, 0.5) is 0 Å². The van der Waals surface area contributed by atoms with E-state index in [4.69, 9.17) is 23.7 Å². The van der Waals surface area contributed by atoms with Gasteiger partial charge < -0.3 is 28.8 Å². The number of carbonyl (C=O) groups excluding carboxylic acids is 5. The molecule has 1 atom stereocenters. The van der Waals surface area contributed by atoms with E-state index in [9.17, 15) is 29.1 Å². The molecule has 0 fully saturated rings. The lowest BCUT2D eigenvalue weighted by Crippen LogP contribution is -2.52. The number of esters is 5. The van der Waals surface area contributed by atoms with Crippen LogP contribution in [0, 0.1) is 0 Å². The van der Waals surface area contributed by atoms with Crippen molar-refractivity contribution in [3.8, 4) is 5.75 Å². The van der Waals surface area contributed by atoms with Gasteiger partial charge in [0, 0.05) is 26.2 Å².